The van der Waals surface area contributed by atoms with Crippen LogP contribution in [0, 0.1) is 3.57 Å². The van der Waals surface area contributed by atoms with Gasteiger partial charge in [0, 0.05) is 18.4 Å². The van der Waals surface area contributed by atoms with Crippen LogP contribution < -0.4 is 5.56 Å². The van der Waals surface area contributed by atoms with Crippen LogP contribution in [0.5, 0.6) is 0 Å². The number of nitrogens with zero attached hydrogens (tertiary/aromatic N) is 1. The van der Waals surface area contributed by atoms with Crippen molar-refractivity contribution >= 4 is 33.9 Å². The van der Waals surface area contributed by atoms with E-state index in [-0.39, 0.29) is 5.56 Å². The third kappa shape index (κ3) is 3.14. The smallest absolute Gasteiger partial charge is 0.264 e. The maximum atomic E-state index is 11.7. The zero-order valence-corrected chi connectivity index (χ0v) is 12.2. The second-order valence-electron chi connectivity index (χ2n) is 3.46. The van der Waals surface area contributed by atoms with E-state index in [1.165, 1.54) is 4.88 Å². The molecule has 4 nitrogen and oxygen atoms in total. The van der Waals surface area contributed by atoms with E-state index >= 15 is 0 Å². The third-order valence-corrected chi connectivity index (χ3v) is 4.17. The Labute approximate surface area is 116 Å². The number of aromatic nitrogens is 2. The van der Waals surface area contributed by atoms with Crippen molar-refractivity contribution in [3.05, 3.63) is 47.8 Å². The Kier molecular flexibility index (Phi) is 4.30. The summed E-state index contributed by atoms with van der Waals surface area (Å²) in [6.07, 6.45) is 0.653. The monoisotopic (exact) mass is 362 g/mol. The molecule has 0 saturated carbocycles. The lowest BCUT2D eigenvalue weighted by Gasteiger charge is -2.05. The molecular weight excluding hydrogens is 351 g/mol. The third-order valence-electron chi connectivity index (χ3n) is 2.18. The minimum absolute atomic E-state index is 0.0980. The Morgan fingerprint density at radius 3 is 3.06 bits per heavy atom. The summed E-state index contributed by atoms with van der Waals surface area (Å²) in [6.45, 7) is 0.361. The molecule has 0 saturated heterocycles. The average Bonchev–Trinajstić information content (AvgIpc) is 2.78. The van der Waals surface area contributed by atoms with Crippen molar-refractivity contribution < 1.29 is 4.74 Å². The van der Waals surface area contributed by atoms with Gasteiger partial charge in [0.05, 0.1) is 12.3 Å². The van der Waals surface area contributed by atoms with E-state index in [1.54, 1.807) is 18.4 Å². The van der Waals surface area contributed by atoms with E-state index in [0.717, 1.165) is 0 Å². The number of rotatable bonds is 4. The molecule has 0 aromatic carbocycles. The predicted octanol–water partition coefficient (Wildman–Crippen LogP) is 2.17. The number of thiophene rings is 1. The van der Waals surface area contributed by atoms with Crippen LogP contribution in [0.3, 0.4) is 0 Å². The Morgan fingerprint density at radius 2 is 2.41 bits per heavy atom. The van der Waals surface area contributed by atoms with Crippen LogP contribution in [0.25, 0.3) is 0 Å². The van der Waals surface area contributed by atoms with Gasteiger partial charge in [-0.1, -0.05) is 6.07 Å². The molecule has 0 aliphatic rings. The Balaban J connectivity index is 2.32. The van der Waals surface area contributed by atoms with Crippen LogP contribution in [-0.4, -0.2) is 17.1 Å². The molecule has 2 rings (SSSR count). The first kappa shape index (κ1) is 12.7. The summed E-state index contributed by atoms with van der Waals surface area (Å²) < 4.78 is 5.63. The zero-order chi connectivity index (χ0) is 12.3. The molecule has 2 heterocycles. The highest BCUT2D eigenvalue weighted by atomic mass is 127. The number of methoxy groups -OCH3 is 1. The minimum atomic E-state index is -0.0980. The van der Waals surface area contributed by atoms with E-state index in [4.69, 9.17) is 4.74 Å². The summed E-state index contributed by atoms with van der Waals surface area (Å²) in [5.41, 5.74) is 0.600. The average molecular weight is 362 g/mol. The lowest BCUT2D eigenvalue weighted by atomic mass is 10.3. The summed E-state index contributed by atoms with van der Waals surface area (Å²) in [5.74, 6) is 0.685. The first-order chi connectivity index (χ1) is 8.20. The number of hydrogen-bond donors (Lipinski definition) is 1. The van der Waals surface area contributed by atoms with Crippen LogP contribution >= 0.6 is 33.9 Å². The molecule has 0 radical (unpaired) electrons. The van der Waals surface area contributed by atoms with Crippen molar-refractivity contribution in [1.82, 2.24) is 9.97 Å². The maximum absolute atomic E-state index is 11.7. The van der Waals surface area contributed by atoms with Gasteiger partial charge in [0.2, 0.25) is 0 Å². The van der Waals surface area contributed by atoms with Gasteiger partial charge in [0.25, 0.3) is 5.56 Å². The van der Waals surface area contributed by atoms with E-state index in [1.807, 2.05) is 40.1 Å². The summed E-state index contributed by atoms with van der Waals surface area (Å²) in [6, 6.07) is 4.01. The van der Waals surface area contributed by atoms with Crippen LogP contribution in [0.4, 0.5) is 0 Å². The van der Waals surface area contributed by atoms with Gasteiger partial charge >= 0.3 is 0 Å². The molecule has 0 spiro atoms. The van der Waals surface area contributed by atoms with E-state index < -0.39 is 0 Å². The van der Waals surface area contributed by atoms with E-state index in [2.05, 4.69) is 9.97 Å². The summed E-state index contributed by atoms with van der Waals surface area (Å²) in [7, 11) is 1.60. The molecular formula is C11H11IN2O2S. The fourth-order valence-corrected chi connectivity index (χ4v) is 2.57. The highest BCUT2D eigenvalue weighted by Gasteiger charge is 2.09. The molecule has 0 unspecified atom stereocenters. The number of aromatic amines is 1. The molecule has 0 fully saturated rings. The van der Waals surface area contributed by atoms with Crippen LogP contribution in [0.1, 0.15) is 16.4 Å². The molecule has 90 valence electrons. The number of halogens is 1. The fraction of sp³-hybridized carbons (Fsp3) is 0.273. The predicted molar refractivity (Wildman–Crippen MR) is 75.4 cm³/mol. The Bertz CT molecular complexity index is 551. The SMILES string of the molecule is COCc1nc(Cc2cccs2)[nH]c(=O)c1I. The van der Waals surface area contributed by atoms with E-state index in [9.17, 15) is 4.79 Å². The molecule has 0 aliphatic heterocycles. The number of H-pyrrole nitrogens is 1. The number of hydrogen-bond acceptors (Lipinski definition) is 4. The van der Waals surface area contributed by atoms with Crippen molar-refractivity contribution in [3.8, 4) is 0 Å². The lowest BCUT2D eigenvalue weighted by Crippen LogP contribution is -2.18. The zero-order valence-electron chi connectivity index (χ0n) is 9.20. The van der Waals surface area contributed by atoms with Gasteiger partial charge in [-0.2, -0.15) is 0 Å². The van der Waals surface area contributed by atoms with Crippen LogP contribution in [0.2, 0.25) is 0 Å². The topological polar surface area (TPSA) is 55.0 Å². The van der Waals surface area contributed by atoms with Gasteiger partial charge < -0.3 is 9.72 Å². The summed E-state index contributed by atoms with van der Waals surface area (Å²) in [5, 5.41) is 2.01. The van der Waals surface area contributed by atoms with E-state index in [0.29, 0.717) is 28.1 Å². The van der Waals surface area contributed by atoms with Crippen molar-refractivity contribution in [2.75, 3.05) is 7.11 Å². The molecule has 1 N–H and O–H groups in total. The maximum Gasteiger partial charge on any atom is 0.264 e. The molecule has 0 bridgehead atoms. The summed E-state index contributed by atoms with van der Waals surface area (Å²) in [4.78, 5) is 20.1. The quantitative estimate of drug-likeness (QED) is 0.849. The van der Waals surface area contributed by atoms with Gasteiger partial charge in [-0.3, -0.25) is 4.79 Å². The van der Waals surface area contributed by atoms with Crippen LogP contribution in [0.15, 0.2) is 22.3 Å². The number of ether oxygens (including phenoxy) is 1. The van der Waals surface area contributed by atoms with Crippen LogP contribution in [-0.2, 0) is 17.8 Å². The molecule has 0 aliphatic carbocycles. The van der Waals surface area contributed by atoms with Gasteiger partial charge in [0.1, 0.15) is 9.39 Å². The Hall–Kier alpha value is -0.730. The first-order valence-corrected chi connectivity index (χ1v) is 6.95. The normalized spacial score (nSPS) is 10.7. The second kappa shape index (κ2) is 5.74. The lowest BCUT2D eigenvalue weighted by molar-refractivity contribution is 0.180. The van der Waals surface area contributed by atoms with Crippen molar-refractivity contribution in [2.24, 2.45) is 0 Å². The number of nitrogens with one attached hydrogen (secondary N) is 1. The van der Waals surface area contributed by atoms with Gasteiger partial charge in [0.15, 0.2) is 0 Å². The largest absolute Gasteiger partial charge is 0.378 e. The van der Waals surface area contributed by atoms with Gasteiger partial charge in [-0.05, 0) is 34.0 Å². The highest BCUT2D eigenvalue weighted by Crippen LogP contribution is 2.13. The highest BCUT2D eigenvalue weighted by molar-refractivity contribution is 14.1. The molecule has 6 heteroatoms. The molecule has 0 amide bonds. The molecule has 2 aromatic rings. The van der Waals surface area contributed by atoms with Crippen molar-refractivity contribution in [1.29, 1.82) is 0 Å². The minimum Gasteiger partial charge on any atom is -0.378 e. The molecule has 0 atom stereocenters. The molecule has 2 aromatic heterocycles. The molecule has 17 heavy (non-hydrogen) atoms. The van der Waals surface area contributed by atoms with Crippen molar-refractivity contribution in [3.63, 3.8) is 0 Å². The Morgan fingerprint density at radius 1 is 1.59 bits per heavy atom. The standard InChI is InChI=1S/C11H11IN2O2S/c1-16-6-8-10(12)11(15)14-9(13-8)5-7-3-2-4-17-7/h2-4H,5-6H2,1H3,(H,13,14,15). The van der Waals surface area contributed by atoms with Gasteiger partial charge in [-0.25, -0.2) is 4.98 Å². The first-order valence-electron chi connectivity index (χ1n) is 4.99. The van der Waals surface area contributed by atoms with Gasteiger partial charge in [-0.15, -0.1) is 11.3 Å². The fourth-order valence-electron chi connectivity index (χ4n) is 1.45. The van der Waals surface area contributed by atoms with Crippen molar-refractivity contribution in [2.45, 2.75) is 13.0 Å². The second-order valence-corrected chi connectivity index (χ2v) is 5.57. The summed E-state index contributed by atoms with van der Waals surface area (Å²) >= 11 is 3.64.